The Balaban J connectivity index is 1.58. The van der Waals surface area contributed by atoms with E-state index in [-0.39, 0.29) is 17.2 Å². The van der Waals surface area contributed by atoms with Crippen LogP contribution in [0.5, 0.6) is 0 Å². The van der Waals surface area contributed by atoms with Crippen LogP contribution in [0.4, 0.5) is 17.1 Å². The van der Waals surface area contributed by atoms with Crippen molar-refractivity contribution in [2.24, 2.45) is 11.8 Å². The summed E-state index contributed by atoms with van der Waals surface area (Å²) in [6.45, 7) is 10.4. The van der Waals surface area contributed by atoms with Gasteiger partial charge in [-0.15, -0.1) is 0 Å². The topological polar surface area (TPSA) is 87.5 Å². The monoisotopic (exact) mass is 424 g/mol. The highest BCUT2D eigenvalue weighted by Gasteiger charge is 2.21. The Labute approximate surface area is 184 Å². The third kappa shape index (κ3) is 6.52. The number of nitrogens with zero attached hydrogens (tertiary/aromatic N) is 2. The second-order valence-corrected chi connectivity index (χ2v) is 8.80. The van der Waals surface area contributed by atoms with Crippen LogP contribution in [0.25, 0.3) is 0 Å². The van der Waals surface area contributed by atoms with Gasteiger partial charge < -0.3 is 15.5 Å². The number of hydrogen-bond donors (Lipinski definition) is 2. The van der Waals surface area contributed by atoms with E-state index in [0.717, 1.165) is 43.5 Å². The maximum absolute atomic E-state index is 12.5. The Morgan fingerprint density at radius 2 is 1.90 bits per heavy atom. The van der Waals surface area contributed by atoms with E-state index in [1.165, 1.54) is 12.5 Å². The molecule has 1 heterocycles. The van der Waals surface area contributed by atoms with Gasteiger partial charge in [0.2, 0.25) is 0 Å². The summed E-state index contributed by atoms with van der Waals surface area (Å²) >= 11 is 0. The normalized spacial score (nSPS) is 19.1. The van der Waals surface area contributed by atoms with E-state index >= 15 is 0 Å². The number of hydrogen-bond acceptors (Lipinski definition) is 5. The third-order valence-electron chi connectivity index (χ3n) is 5.64. The number of piperidine rings is 1. The van der Waals surface area contributed by atoms with Gasteiger partial charge in [-0.25, -0.2) is 0 Å². The molecule has 2 atom stereocenters. The Bertz CT molecular complexity index is 921. The number of nitro benzene ring substituents is 1. The van der Waals surface area contributed by atoms with Gasteiger partial charge in [-0.2, -0.15) is 0 Å². The van der Waals surface area contributed by atoms with Crippen molar-refractivity contribution in [3.63, 3.8) is 0 Å². The largest absolute Gasteiger partial charge is 0.379 e. The zero-order valence-electron chi connectivity index (χ0n) is 18.6. The molecule has 3 rings (SSSR count). The number of carbonyl (C=O) groups is 1. The van der Waals surface area contributed by atoms with Crippen molar-refractivity contribution in [1.29, 1.82) is 0 Å². The quantitative estimate of drug-likeness (QED) is 0.356. The minimum absolute atomic E-state index is 0.0860. The molecule has 7 heteroatoms. The van der Waals surface area contributed by atoms with Crippen LogP contribution < -0.4 is 10.6 Å². The second kappa shape index (κ2) is 10.4. The molecule has 0 spiro atoms. The van der Waals surface area contributed by atoms with Gasteiger partial charge in [-0.05, 0) is 68.0 Å². The van der Waals surface area contributed by atoms with Crippen LogP contribution in [0.2, 0.25) is 0 Å². The SMILES string of the molecule is Cc1cccc(NC(=O)c2ccc(NCCCN3C[C@@H](C)C[C@H](C)C3)c([N+](=O)[O-])c2)c1. The zero-order chi connectivity index (χ0) is 22.4. The summed E-state index contributed by atoms with van der Waals surface area (Å²) in [7, 11) is 0. The fourth-order valence-corrected chi connectivity index (χ4v) is 4.40. The summed E-state index contributed by atoms with van der Waals surface area (Å²) in [5, 5.41) is 17.6. The molecule has 31 heavy (non-hydrogen) atoms. The maximum atomic E-state index is 12.5. The molecular formula is C24H32N4O3. The molecule has 0 bridgehead atoms. The molecule has 1 amide bonds. The number of carbonyl (C=O) groups excluding carboxylic acids is 1. The first-order valence-electron chi connectivity index (χ1n) is 10.9. The van der Waals surface area contributed by atoms with E-state index in [0.29, 0.717) is 17.9 Å². The number of likely N-dealkylation sites (tertiary alicyclic amines) is 1. The molecule has 0 unspecified atom stereocenters. The Morgan fingerprint density at radius 3 is 2.58 bits per heavy atom. The highest BCUT2D eigenvalue weighted by Crippen LogP contribution is 2.26. The van der Waals surface area contributed by atoms with Gasteiger partial charge in [-0.3, -0.25) is 14.9 Å². The van der Waals surface area contributed by atoms with Gasteiger partial charge in [-0.1, -0.05) is 26.0 Å². The number of nitro groups is 1. The Kier molecular flexibility index (Phi) is 7.63. The van der Waals surface area contributed by atoms with Crippen molar-refractivity contribution < 1.29 is 9.72 Å². The van der Waals surface area contributed by atoms with Gasteiger partial charge >= 0.3 is 0 Å². The smallest absolute Gasteiger partial charge is 0.293 e. The average molecular weight is 425 g/mol. The summed E-state index contributed by atoms with van der Waals surface area (Å²) in [4.78, 5) is 26.2. The standard InChI is InChI=1S/C24H32N4O3/c1-17-6-4-7-21(13-17)26-24(29)20-8-9-22(23(14-20)28(30)31)25-10-5-11-27-15-18(2)12-19(3)16-27/h4,6-9,13-14,18-19,25H,5,10-12,15-16H2,1-3H3,(H,26,29)/t18-,19-/m0/s1. The van der Waals surface area contributed by atoms with Crippen LogP contribution in [0, 0.1) is 28.9 Å². The van der Waals surface area contributed by atoms with Crippen LogP contribution in [0.3, 0.4) is 0 Å². The first kappa shape index (κ1) is 22.7. The third-order valence-corrected chi connectivity index (χ3v) is 5.64. The lowest BCUT2D eigenvalue weighted by molar-refractivity contribution is -0.384. The van der Waals surface area contributed by atoms with Gasteiger partial charge in [0.05, 0.1) is 4.92 Å². The van der Waals surface area contributed by atoms with Gasteiger partial charge in [0.15, 0.2) is 0 Å². The number of rotatable bonds is 8. The average Bonchev–Trinajstić information content (AvgIpc) is 2.70. The number of benzene rings is 2. The van der Waals surface area contributed by atoms with Crippen molar-refractivity contribution in [2.45, 2.75) is 33.6 Å². The second-order valence-electron chi connectivity index (χ2n) is 8.80. The van der Waals surface area contributed by atoms with E-state index in [2.05, 4.69) is 29.4 Å². The number of nitrogens with one attached hydrogen (secondary N) is 2. The van der Waals surface area contributed by atoms with Crippen LogP contribution in [-0.4, -0.2) is 41.9 Å². The summed E-state index contributed by atoms with van der Waals surface area (Å²) in [5.41, 5.74) is 2.30. The molecule has 166 valence electrons. The van der Waals surface area contributed by atoms with E-state index in [4.69, 9.17) is 0 Å². The first-order valence-corrected chi connectivity index (χ1v) is 10.9. The zero-order valence-corrected chi connectivity index (χ0v) is 18.6. The van der Waals surface area contributed by atoms with Gasteiger partial charge in [0, 0.05) is 37.0 Å². The predicted octanol–water partition coefficient (Wildman–Crippen LogP) is 4.94. The summed E-state index contributed by atoms with van der Waals surface area (Å²) in [6.07, 6.45) is 2.19. The minimum Gasteiger partial charge on any atom is -0.379 e. The maximum Gasteiger partial charge on any atom is 0.293 e. The molecule has 2 aromatic rings. The number of anilines is 2. The van der Waals surface area contributed by atoms with Crippen molar-refractivity contribution in [3.05, 3.63) is 63.7 Å². The fraction of sp³-hybridized carbons (Fsp3) is 0.458. The molecule has 2 N–H and O–H groups in total. The minimum atomic E-state index is -0.445. The molecule has 7 nitrogen and oxygen atoms in total. The van der Waals surface area contributed by atoms with Crippen LogP contribution in [0.15, 0.2) is 42.5 Å². The summed E-state index contributed by atoms with van der Waals surface area (Å²) < 4.78 is 0. The highest BCUT2D eigenvalue weighted by atomic mass is 16.6. The number of aryl methyl sites for hydroxylation is 1. The van der Waals surface area contributed by atoms with Crippen LogP contribution in [0.1, 0.15) is 42.6 Å². The number of amides is 1. The van der Waals surface area contributed by atoms with Crippen LogP contribution in [-0.2, 0) is 0 Å². The van der Waals surface area contributed by atoms with Gasteiger partial charge in [0.1, 0.15) is 5.69 Å². The van der Waals surface area contributed by atoms with Crippen molar-refractivity contribution in [3.8, 4) is 0 Å². The lowest BCUT2D eigenvalue weighted by Gasteiger charge is -2.34. The van der Waals surface area contributed by atoms with E-state index in [1.807, 2.05) is 25.1 Å². The van der Waals surface area contributed by atoms with Crippen molar-refractivity contribution in [2.75, 3.05) is 36.8 Å². The highest BCUT2D eigenvalue weighted by molar-refractivity contribution is 6.05. The Morgan fingerprint density at radius 1 is 1.16 bits per heavy atom. The molecule has 1 saturated heterocycles. The lowest BCUT2D eigenvalue weighted by atomic mass is 9.92. The molecule has 0 radical (unpaired) electrons. The molecule has 1 fully saturated rings. The van der Waals surface area contributed by atoms with E-state index in [1.54, 1.807) is 18.2 Å². The molecule has 0 aliphatic carbocycles. The first-order chi connectivity index (χ1) is 14.8. The molecule has 1 aliphatic rings. The molecular weight excluding hydrogens is 392 g/mol. The molecule has 0 saturated carbocycles. The Hall–Kier alpha value is -2.93. The van der Waals surface area contributed by atoms with Crippen molar-refractivity contribution in [1.82, 2.24) is 4.90 Å². The van der Waals surface area contributed by atoms with Crippen LogP contribution >= 0.6 is 0 Å². The lowest BCUT2D eigenvalue weighted by Crippen LogP contribution is -2.39. The molecule has 0 aromatic heterocycles. The van der Waals surface area contributed by atoms with Gasteiger partial charge in [0.25, 0.3) is 11.6 Å². The fourth-order valence-electron chi connectivity index (χ4n) is 4.40. The molecule has 1 aliphatic heterocycles. The van der Waals surface area contributed by atoms with Crippen molar-refractivity contribution >= 4 is 23.0 Å². The molecule has 2 aromatic carbocycles. The summed E-state index contributed by atoms with van der Waals surface area (Å²) in [5.74, 6) is 1.07. The predicted molar refractivity (Wildman–Crippen MR) is 125 cm³/mol. The van der Waals surface area contributed by atoms with E-state index in [9.17, 15) is 14.9 Å². The summed E-state index contributed by atoms with van der Waals surface area (Å²) in [6, 6.07) is 12.0. The van der Waals surface area contributed by atoms with E-state index < -0.39 is 4.92 Å².